The van der Waals surface area contributed by atoms with Crippen LogP contribution in [0.5, 0.6) is 0 Å². The molecule has 0 N–H and O–H groups in total. The van der Waals surface area contributed by atoms with Gasteiger partial charge in [0.1, 0.15) is 13.2 Å². The molecular weight excluding hydrogens is 997 g/mol. The molecule has 6 nitrogen and oxygen atoms in total. The Labute approximate surface area is 499 Å². The van der Waals surface area contributed by atoms with Gasteiger partial charge in [-0.25, -0.2) is 0 Å². The van der Waals surface area contributed by atoms with Crippen LogP contribution in [0.4, 0.5) is 0 Å². The third kappa shape index (κ3) is 65.7. The third-order valence-corrected chi connectivity index (χ3v) is 13.5. The van der Waals surface area contributed by atoms with Gasteiger partial charge < -0.3 is 14.2 Å². The Morgan fingerprint density at radius 1 is 0.259 bits per heavy atom. The lowest BCUT2D eigenvalue weighted by atomic mass is 10.1. The highest BCUT2D eigenvalue weighted by Crippen LogP contribution is 2.15. The normalized spacial score (nSPS) is 13.2. The van der Waals surface area contributed by atoms with Crippen LogP contribution in [0.3, 0.4) is 0 Å². The number of hydrogen-bond acceptors (Lipinski definition) is 6. The molecule has 0 fully saturated rings. The second kappa shape index (κ2) is 67.5. The van der Waals surface area contributed by atoms with E-state index in [2.05, 4.69) is 173 Å². The molecule has 6 heteroatoms. The van der Waals surface area contributed by atoms with Gasteiger partial charge in [0, 0.05) is 19.3 Å². The largest absolute Gasteiger partial charge is 0.462 e. The van der Waals surface area contributed by atoms with E-state index in [0.717, 1.165) is 122 Å². The third-order valence-electron chi connectivity index (χ3n) is 13.5. The van der Waals surface area contributed by atoms with Gasteiger partial charge in [0.25, 0.3) is 0 Å². The van der Waals surface area contributed by atoms with E-state index in [-0.39, 0.29) is 37.5 Å². The van der Waals surface area contributed by atoms with Crippen molar-refractivity contribution in [3.63, 3.8) is 0 Å². The Kier molecular flexibility index (Phi) is 63.4. The predicted molar refractivity (Wildman–Crippen MR) is 352 cm³/mol. The van der Waals surface area contributed by atoms with E-state index in [1.54, 1.807) is 0 Å². The molecule has 456 valence electrons. The smallest absolute Gasteiger partial charge is 0.306 e. The zero-order valence-corrected chi connectivity index (χ0v) is 52.2. The fraction of sp³-hybridized carbons (Fsp3) is 0.613. The molecule has 81 heavy (non-hydrogen) atoms. The average molecular weight is 1120 g/mol. The van der Waals surface area contributed by atoms with Crippen LogP contribution in [0, 0.1) is 0 Å². The molecule has 0 aliphatic rings. The summed E-state index contributed by atoms with van der Waals surface area (Å²) < 4.78 is 16.8. The number of ether oxygens (including phenoxy) is 3. The zero-order chi connectivity index (χ0) is 58.5. The number of rotatable bonds is 58. The Balaban J connectivity index is 4.36. The molecule has 0 aromatic heterocycles. The number of allylic oxidation sites excluding steroid dienone is 26. The summed E-state index contributed by atoms with van der Waals surface area (Å²) in [6.45, 7) is 6.32. The fourth-order valence-electron chi connectivity index (χ4n) is 8.64. The minimum Gasteiger partial charge on any atom is -0.462 e. The van der Waals surface area contributed by atoms with Gasteiger partial charge in [0.05, 0.1) is 0 Å². The molecule has 1 atom stereocenters. The number of carbonyl (C=O) groups is 3. The van der Waals surface area contributed by atoms with Crippen molar-refractivity contribution in [3.05, 3.63) is 158 Å². The molecule has 0 rings (SSSR count). The SMILES string of the molecule is CC/C=C\C/C=C\C/C=C\C/C=C\C/C=C\C/C=C\C/C=C\CCCCCCCCCCCC(=O)OCC(COC(=O)CC/C=C\C/C=C\C/C=C\C/C=C\CC)OC(=O)CCCCCCCCCCC/C=C\C/C=C\CCCCC. The molecule has 0 aromatic rings. The number of unbranched alkanes of at least 4 members (excludes halogenated alkanes) is 21. The lowest BCUT2D eigenvalue weighted by Gasteiger charge is -2.18. The van der Waals surface area contributed by atoms with Crippen LogP contribution in [0.15, 0.2) is 158 Å². The highest BCUT2D eigenvalue weighted by Gasteiger charge is 2.19. The van der Waals surface area contributed by atoms with Crippen molar-refractivity contribution < 1.29 is 28.6 Å². The van der Waals surface area contributed by atoms with Crippen LogP contribution >= 0.6 is 0 Å². The molecule has 0 bridgehead atoms. The molecule has 0 spiro atoms. The first kappa shape index (κ1) is 76.0. The van der Waals surface area contributed by atoms with Crippen molar-refractivity contribution >= 4 is 17.9 Å². The van der Waals surface area contributed by atoms with Crippen molar-refractivity contribution in [2.24, 2.45) is 0 Å². The summed E-state index contributed by atoms with van der Waals surface area (Å²) in [5.41, 5.74) is 0. The second-order valence-corrected chi connectivity index (χ2v) is 21.3. The summed E-state index contributed by atoms with van der Waals surface area (Å²) in [6.07, 6.45) is 98.4. The molecule has 0 aromatic carbocycles. The van der Waals surface area contributed by atoms with Gasteiger partial charge in [0.2, 0.25) is 0 Å². The first-order valence-electron chi connectivity index (χ1n) is 33.0. The summed E-state index contributed by atoms with van der Waals surface area (Å²) in [6, 6.07) is 0. The van der Waals surface area contributed by atoms with Crippen molar-refractivity contribution in [2.75, 3.05) is 13.2 Å². The van der Waals surface area contributed by atoms with Crippen LogP contribution in [-0.4, -0.2) is 37.2 Å². The topological polar surface area (TPSA) is 78.9 Å². The van der Waals surface area contributed by atoms with E-state index in [9.17, 15) is 14.4 Å². The lowest BCUT2D eigenvalue weighted by Crippen LogP contribution is -2.30. The Bertz CT molecular complexity index is 1810. The molecule has 0 aliphatic heterocycles. The van der Waals surface area contributed by atoms with Crippen LogP contribution in [0.1, 0.15) is 278 Å². The highest BCUT2D eigenvalue weighted by molar-refractivity contribution is 5.71. The monoisotopic (exact) mass is 1120 g/mol. The maximum absolute atomic E-state index is 12.9. The second-order valence-electron chi connectivity index (χ2n) is 21.3. The summed E-state index contributed by atoms with van der Waals surface area (Å²) in [7, 11) is 0. The molecular formula is C75H120O6. The van der Waals surface area contributed by atoms with Gasteiger partial charge in [-0.1, -0.05) is 281 Å². The van der Waals surface area contributed by atoms with Crippen LogP contribution in [0.2, 0.25) is 0 Å². The van der Waals surface area contributed by atoms with Gasteiger partial charge in [0.15, 0.2) is 6.10 Å². The summed E-state index contributed by atoms with van der Waals surface area (Å²) >= 11 is 0. The van der Waals surface area contributed by atoms with E-state index in [1.165, 1.54) is 109 Å². The molecule has 0 radical (unpaired) electrons. The molecule has 0 saturated carbocycles. The van der Waals surface area contributed by atoms with E-state index >= 15 is 0 Å². The minimum atomic E-state index is -0.820. The molecule has 0 saturated heterocycles. The molecule has 1 unspecified atom stereocenters. The highest BCUT2D eigenvalue weighted by atomic mass is 16.6. The van der Waals surface area contributed by atoms with E-state index < -0.39 is 6.10 Å². The average Bonchev–Trinajstić information content (AvgIpc) is 3.46. The van der Waals surface area contributed by atoms with Crippen LogP contribution in [0.25, 0.3) is 0 Å². The summed E-state index contributed by atoms with van der Waals surface area (Å²) in [5.74, 6) is -1.01. The van der Waals surface area contributed by atoms with E-state index in [1.807, 2.05) is 6.08 Å². The van der Waals surface area contributed by atoms with Crippen LogP contribution in [-0.2, 0) is 28.6 Å². The summed E-state index contributed by atoms with van der Waals surface area (Å²) in [4.78, 5) is 38.3. The van der Waals surface area contributed by atoms with Crippen molar-refractivity contribution in [2.45, 2.75) is 284 Å². The first-order chi connectivity index (χ1) is 40.0. The van der Waals surface area contributed by atoms with Crippen molar-refractivity contribution in [1.82, 2.24) is 0 Å². The zero-order valence-electron chi connectivity index (χ0n) is 52.2. The quantitative estimate of drug-likeness (QED) is 0.0261. The van der Waals surface area contributed by atoms with Gasteiger partial charge in [-0.2, -0.15) is 0 Å². The van der Waals surface area contributed by atoms with Gasteiger partial charge in [-0.05, 0) is 135 Å². The number of hydrogen-bond donors (Lipinski definition) is 0. The van der Waals surface area contributed by atoms with E-state index in [4.69, 9.17) is 14.2 Å². The molecule has 0 amide bonds. The Morgan fingerprint density at radius 3 is 0.827 bits per heavy atom. The minimum absolute atomic E-state index is 0.110. The number of esters is 3. The fourth-order valence-corrected chi connectivity index (χ4v) is 8.64. The maximum atomic E-state index is 12.9. The standard InChI is InChI=1S/C75H120O6/c1-4-7-10-13-16-19-22-25-27-29-31-32-33-34-35-36-37-38-39-40-41-42-44-45-47-50-53-56-59-62-65-68-74(77)80-71-72(70-79-73(76)67-64-61-58-55-52-49-24-21-18-15-12-9-6-3)81-75(78)69-66-63-60-57-54-51-48-46-43-30-28-26-23-20-17-14-11-8-5-2/h7,9-10,12,16-21,25-28,31-32,34-35,37-38,40-41,49,52,58,61,72H,4-6,8,11,13-15,22-24,29-30,33,36,39,42-48,50-51,53-57,59-60,62-71H2,1-3H3/b10-7-,12-9-,19-16-,20-17-,21-18-,27-25-,28-26-,32-31-,35-34-,38-37-,41-40-,52-49-,61-58-. The molecule has 0 aliphatic carbocycles. The lowest BCUT2D eigenvalue weighted by molar-refractivity contribution is -0.166. The van der Waals surface area contributed by atoms with Gasteiger partial charge >= 0.3 is 17.9 Å². The van der Waals surface area contributed by atoms with Gasteiger partial charge in [-0.15, -0.1) is 0 Å². The van der Waals surface area contributed by atoms with E-state index in [0.29, 0.717) is 19.3 Å². The Hall–Kier alpha value is -4.97. The predicted octanol–water partition coefficient (Wildman–Crippen LogP) is 22.9. The van der Waals surface area contributed by atoms with Crippen molar-refractivity contribution in [1.29, 1.82) is 0 Å². The maximum Gasteiger partial charge on any atom is 0.306 e. The number of carbonyl (C=O) groups excluding carboxylic acids is 3. The first-order valence-corrected chi connectivity index (χ1v) is 33.0. The Morgan fingerprint density at radius 2 is 0.506 bits per heavy atom. The molecule has 0 heterocycles. The van der Waals surface area contributed by atoms with Gasteiger partial charge in [-0.3, -0.25) is 14.4 Å². The van der Waals surface area contributed by atoms with Crippen molar-refractivity contribution in [3.8, 4) is 0 Å². The van der Waals surface area contributed by atoms with Crippen LogP contribution < -0.4 is 0 Å². The summed E-state index contributed by atoms with van der Waals surface area (Å²) in [5, 5.41) is 0.